The maximum Gasteiger partial charge on any atom is 0.306 e. The van der Waals surface area contributed by atoms with Crippen LogP contribution in [0.5, 0.6) is 0 Å². The van der Waals surface area contributed by atoms with Gasteiger partial charge < -0.3 is 33.3 Å². The van der Waals surface area contributed by atoms with E-state index in [0.717, 1.165) is 116 Å². The highest BCUT2D eigenvalue weighted by Crippen LogP contribution is 2.14. The monoisotopic (exact) mass is 1070 g/mol. The molecule has 0 spiro atoms. The molecule has 9 nitrogen and oxygen atoms in total. The summed E-state index contributed by atoms with van der Waals surface area (Å²) in [6, 6.07) is 0. The number of allylic oxidation sites excluding steroid dienone is 20. The van der Waals surface area contributed by atoms with Crippen molar-refractivity contribution in [2.45, 2.75) is 245 Å². The predicted molar refractivity (Wildman–Crippen MR) is 324 cm³/mol. The topological polar surface area (TPSA) is 111 Å². The molecule has 438 valence electrons. The molecule has 0 aromatic rings. The molecular weight excluding hydrogens is 959 g/mol. The van der Waals surface area contributed by atoms with Crippen molar-refractivity contribution < 1.29 is 42.9 Å². The third kappa shape index (κ3) is 59.2. The summed E-state index contributed by atoms with van der Waals surface area (Å²) in [5.74, 6) is -2.31. The molecule has 0 aliphatic rings. The molecule has 2 atom stereocenters. The van der Waals surface area contributed by atoms with Crippen LogP contribution in [-0.2, 0) is 33.3 Å². The second-order valence-electron chi connectivity index (χ2n) is 21.3. The Labute approximate surface area is 472 Å². The van der Waals surface area contributed by atoms with Gasteiger partial charge in [0.2, 0.25) is 0 Å². The van der Waals surface area contributed by atoms with E-state index in [1.165, 1.54) is 83.5 Å². The Balaban J connectivity index is 4.25. The molecule has 2 unspecified atom stereocenters. The number of rotatable bonds is 55. The molecule has 0 rings (SSSR count). The van der Waals surface area contributed by atoms with Crippen molar-refractivity contribution in [2.24, 2.45) is 0 Å². The summed E-state index contributed by atoms with van der Waals surface area (Å²) in [4.78, 5) is 37.3. The Hall–Kier alpha value is -4.31. The van der Waals surface area contributed by atoms with Crippen LogP contribution in [0.15, 0.2) is 122 Å². The van der Waals surface area contributed by atoms with E-state index in [1.54, 1.807) is 0 Å². The molecule has 0 saturated heterocycles. The Bertz CT molecular complexity index is 1670. The van der Waals surface area contributed by atoms with Crippen molar-refractivity contribution in [1.29, 1.82) is 0 Å². The average molecular weight is 1070 g/mol. The van der Waals surface area contributed by atoms with Crippen LogP contribution in [0.4, 0.5) is 0 Å². The minimum Gasteiger partial charge on any atom is -0.545 e. The molecule has 0 aliphatic carbocycles. The van der Waals surface area contributed by atoms with Crippen LogP contribution in [0.2, 0.25) is 0 Å². The lowest BCUT2D eigenvalue weighted by Crippen LogP contribution is -2.44. The van der Waals surface area contributed by atoms with Crippen molar-refractivity contribution in [2.75, 3.05) is 47.5 Å². The van der Waals surface area contributed by atoms with Gasteiger partial charge in [-0.3, -0.25) is 9.59 Å². The summed E-state index contributed by atoms with van der Waals surface area (Å²) in [5, 5.41) is 11.8. The zero-order valence-corrected chi connectivity index (χ0v) is 49.8. The van der Waals surface area contributed by atoms with Crippen LogP contribution in [0.3, 0.4) is 0 Å². The predicted octanol–water partition coefficient (Wildman–Crippen LogP) is 17.1. The Morgan fingerprint density at radius 1 is 0.403 bits per heavy atom. The van der Waals surface area contributed by atoms with Gasteiger partial charge in [0.05, 0.1) is 40.3 Å². The van der Waals surface area contributed by atoms with E-state index in [2.05, 4.69) is 135 Å². The van der Waals surface area contributed by atoms with Gasteiger partial charge in [-0.25, -0.2) is 0 Å². The molecule has 0 radical (unpaired) electrons. The normalized spacial score (nSPS) is 13.6. The fraction of sp³-hybridized carbons (Fsp3) is 0.662. The van der Waals surface area contributed by atoms with Crippen molar-refractivity contribution in [1.82, 2.24) is 0 Å². The molecular formula is C68H113NO8. The van der Waals surface area contributed by atoms with Crippen molar-refractivity contribution in [3.8, 4) is 0 Å². The number of hydrogen-bond donors (Lipinski definition) is 0. The third-order valence-electron chi connectivity index (χ3n) is 12.7. The fourth-order valence-corrected chi connectivity index (χ4v) is 7.99. The van der Waals surface area contributed by atoms with Crippen molar-refractivity contribution >= 4 is 17.9 Å². The lowest BCUT2D eigenvalue weighted by molar-refractivity contribution is -0.870. The quantitative estimate of drug-likeness (QED) is 0.0195. The van der Waals surface area contributed by atoms with Crippen LogP contribution >= 0.6 is 0 Å². The van der Waals surface area contributed by atoms with Gasteiger partial charge in [-0.2, -0.15) is 0 Å². The maximum absolute atomic E-state index is 12.9. The smallest absolute Gasteiger partial charge is 0.306 e. The molecule has 0 aromatic heterocycles. The van der Waals surface area contributed by atoms with Gasteiger partial charge in [0.25, 0.3) is 0 Å². The Kier molecular flexibility index (Phi) is 54.6. The first-order chi connectivity index (χ1) is 37.6. The maximum atomic E-state index is 12.9. The lowest BCUT2D eigenvalue weighted by Gasteiger charge is -2.26. The number of unbranched alkanes of at least 4 members (excludes halogenated alkanes) is 20. The zero-order valence-electron chi connectivity index (χ0n) is 49.8. The highest BCUT2D eigenvalue weighted by atomic mass is 16.7. The molecule has 0 saturated carbocycles. The minimum absolute atomic E-state index is 0.139. The first-order valence-corrected chi connectivity index (χ1v) is 30.7. The summed E-state index contributed by atoms with van der Waals surface area (Å²) < 4.78 is 22.7. The number of ether oxygens (including phenoxy) is 4. The number of carboxylic acid groups (broad SMARTS) is 1. The van der Waals surface area contributed by atoms with Gasteiger partial charge in [-0.15, -0.1) is 0 Å². The summed E-state index contributed by atoms with van der Waals surface area (Å²) in [6.45, 7) is 4.60. The van der Waals surface area contributed by atoms with Gasteiger partial charge in [0.1, 0.15) is 13.2 Å². The molecule has 0 fully saturated rings. The Morgan fingerprint density at radius 3 is 1.12 bits per heavy atom. The molecule has 0 bridgehead atoms. The van der Waals surface area contributed by atoms with Crippen molar-refractivity contribution in [3.63, 3.8) is 0 Å². The van der Waals surface area contributed by atoms with Gasteiger partial charge >= 0.3 is 11.9 Å². The molecule has 0 amide bonds. The second-order valence-corrected chi connectivity index (χ2v) is 21.3. The summed E-state index contributed by atoms with van der Waals surface area (Å²) in [5.41, 5.74) is 0. The van der Waals surface area contributed by atoms with Crippen LogP contribution in [0.1, 0.15) is 232 Å². The highest BCUT2D eigenvalue weighted by molar-refractivity contribution is 5.70. The SMILES string of the molecule is CC/C=C\C/C=C\C/C=C\C/C=C\C/C=C\C/C=C\C/C=C\C/C=C\C/C=C\CCCCCCCCCC(=O)OC(COC(=O)CCCCCCCCC/C=C\CCCCCCCC)COC(OCC[N+](C)(C)C)C(=O)[O-]. The molecule has 9 heteroatoms. The highest BCUT2D eigenvalue weighted by Gasteiger charge is 2.22. The van der Waals surface area contributed by atoms with E-state index in [0.29, 0.717) is 17.4 Å². The average Bonchev–Trinajstić information content (AvgIpc) is 3.40. The Morgan fingerprint density at radius 2 is 0.740 bits per heavy atom. The summed E-state index contributed by atoms with van der Waals surface area (Å²) >= 11 is 0. The third-order valence-corrected chi connectivity index (χ3v) is 12.7. The molecule has 0 N–H and O–H groups in total. The standard InChI is InChI=1S/C68H113NO8/c1-6-8-10-12-14-16-18-20-22-24-25-26-27-28-29-30-31-32-33-34-35-36-37-38-39-40-41-43-45-47-49-51-53-55-57-59-66(71)77-64(63-76-68(67(72)73)74-61-60-69(3,4)5)62-75-65(70)58-56-54-52-50-48-46-44-42-23-21-19-17-15-13-11-9-7-2/h8,10,14,16,20-23,25-26,28-29,31-32,34-35,37-38,40-41,64,68H,6-7,9,11-13,15,17-19,24,27,30,33,36,39,42-63H2,1-5H3/b10-8-,16-14-,22-20-,23-21-,26-25-,29-28-,32-31-,35-34-,38-37-,41-40-. The van der Waals surface area contributed by atoms with Gasteiger partial charge in [0.15, 0.2) is 12.4 Å². The number of nitrogens with zero attached hydrogens (tertiary/aromatic N) is 1. The van der Waals surface area contributed by atoms with Crippen LogP contribution in [0.25, 0.3) is 0 Å². The van der Waals surface area contributed by atoms with Crippen LogP contribution in [-0.4, -0.2) is 82.3 Å². The number of carbonyl (C=O) groups excluding carboxylic acids is 3. The molecule has 0 aromatic carbocycles. The van der Waals surface area contributed by atoms with E-state index >= 15 is 0 Å². The molecule has 0 aliphatic heterocycles. The number of aliphatic carboxylic acids is 1. The van der Waals surface area contributed by atoms with Gasteiger partial charge in [-0.1, -0.05) is 232 Å². The van der Waals surface area contributed by atoms with Crippen LogP contribution in [0, 0.1) is 0 Å². The molecule has 0 heterocycles. The molecule has 77 heavy (non-hydrogen) atoms. The van der Waals surface area contributed by atoms with E-state index < -0.39 is 24.3 Å². The van der Waals surface area contributed by atoms with E-state index in [-0.39, 0.29) is 38.6 Å². The largest absolute Gasteiger partial charge is 0.545 e. The minimum atomic E-state index is -1.63. The van der Waals surface area contributed by atoms with E-state index in [9.17, 15) is 19.5 Å². The fourth-order valence-electron chi connectivity index (χ4n) is 7.99. The zero-order chi connectivity index (χ0) is 56.2. The first-order valence-electron chi connectivity index (χ1n) is 30.7. The first kappa shape index (κ1) is 72.7. The van der Waals surface area contributed by atoms with E-state index in [1.807, 2.05) is 21.1 Å². The van der Waals surface area contributed by atoms with E-state index in [4.69, 9.17) is 18.9 Å². The van der Waals surface area contributed by atoms with Crippen LogP contribution < -0.4 is 5.11 Å². The number of quaternary nitrogens is 1. The number of hydrogen-bond acceptors (Lipinski definition) is 8. The second kappa shape index (κ2) is 57.9. The summed E-state index contributed by atoms with van der Waals surface area (Å²) in [6.07, 6.45) is 78.2. The van der Waals surface area contributed by atoms with Gasteiger partial charge in [0, 0.05) is 12.8 Å². The number of carboxylic acids is 1. The van der Waals surface area contributed by atoms with Gasteiger partial charge in [-0.05, 0) is 109 Å². The number of likely N-dealkylation sites (N-methyl/N-ethyl adjacent to an activating group) is 1. The lowest BCUT2D eigenvalue weighted by atomic mass is 10.1. The van der Waals surface area contributed by atoms with Crippen molar-refractivity contribution in [3.05, 3.63) is 122 Å². The number of carbonyl (C=O) groups is 3. The number of esters is 2. The summed E-state index contributed by atoms with van der Waals surface area (Å²) in [7, 11) is 5.91.